The lowest BCUT2D eigenvalue weighted by Crippen LogP contribution is -2.16. The van der Waals surface area contributed by atoms with Crippen molar-refractivity contribution in [3.05, 3.63) is 22.6 Å². The van der Waals surface area contributed by atoms with E-state index in [2.05, 4.69) is 10.3 Å². The molecule has 1 aromatic heterocycles. The Labute approximate surface area is 57.5 Å². The molecule has 1 aliphatic rings. The van der Waals surface area contributed by atoms with E-state index in [1.165, 1.54) is 12.3 Å². The van der Waals surface area contributed by atoms with Gasteiger partial charge < -0.3 is 5.32 Å². The number of anilines is 1. The van der Waals surface area contributed by atoms with Crippen LogP contribution in [0.15, 0.2) is 17.1 Å². The zero-order valence-corrected chi connectivity index (χ0v) is 5.37. The van der Waals surface area contributed by atoms with E-state index in [0.717, 1.165) is 13.1 Å². The van der Waals surface area contributed by atoms with E-state index in [1.807, 2.05) is 0 Å². The quantitative estimate of drug-likeness (QED) is 0.532. The van der Waals surface area contributed by atoms with Gasteiger partial charge >= 0.3 is 0 Å². The van der Waals surface area contributed by atoms with Gasteiger partial charge in [-0.1, -0.05) is 0 Å². The highest BCUT2D eigenvalue weighted by atomic mass is 16.1. The van der Waals surface area contributed by atoms with Crippen molar-refractivity contribution >= 4 is 5.95 Å². The smallest absolute Gasteiger partial charge is 0.254 e. The maximum absolute atomic E-state index is 11.0. The lowest BCUT2D eigenvalue weighted by molar-refractivity contribution is 0.761. The van der Waals surface area contributed by atoms with Gasteiger partial charge in [0.1, 0.15) is 0 Å². The molecule has 4 heteroatoms. The van der Waals surface area contributed by atoms with Gasteiger partial charge in [-0.05, 0) is 0 Å². The van der Waals surface area contributed by atoms with Gasteiger partial charge in [-0.25, -0.2) is 4.98 Å². The molecule has 0 aromatic carbocycles. The van der Waals surface area contributed by atoms with E-state index in [-0.39, 0.29) is 5.56 Å². The van der Waals surface area contributed by atoms with E-state index in [1.54, 1.807) is 4.57 Å². The first-order valence-corrected chi connectivity index (χ1v) is 3.17. The summed E-state index contributed by atoms with van der Waals surface area (Å²) < 4.78 is 1.62. The Morgan fingerprint density at radius 2 is 2.60 bits per heavy atom. The molecule has 0 unspecified atom stereocenters. The van der Waals surface area contributed by atoms with Gasteiger partial charge in [-0.2, -0.15) is 0 Å². The minimum Gasteiger partial charge on any atom is -0.354 e. The molecule has 0 saturated carbocycles. The van der Waals surface area contributed by atoms with Crippen LogP contribution in [0.5, 0.6) is 0 Å². The van der Waals surface area contributed by atoms with E-state index in [9.17, 15) is 4.79 Å². The van der Waals surface area contributed by atoms with Gasteiger partial charge in [0.05, 0.1) is 0 Å². The highest BCUT2D eigenvalue weighted by Gasteiger charge is 2.09. The Bertz CT molecular complexity index is 304. The monoisotopic (exact) mass is 137 g/mol. The molecule has 10 heavy (non-hydrogen) atoms. The number of rotatable bonds is 0. The van der Waals surface area contributed by atoms with Crippen molar-refractivity contribution in [3.8, 4) is 0 Å². The van der Waals surface area contributed by atoms with Gasteiger partial charge in [0.2, 0.25) is 5.95 Å². The summed E-state index contributed by atoms with van der Waals surface area (Å²) in [6, 6.07) is 1.47. The molecule has 1 aliphatic heterocycles. The summed E-state index contributed by atoms with van der Waals surface area (Å²) in [7, 11) is 0. The van der Waals surface area contributed by atoms with Crippen LogP contribution in [0.4, 0.5) is 5.95 Å². The largest absolute Gasteiger partial charge is 0.354 e. The fraction of sp³-hybridized carbons (Fsp3) is 0.333. The van der Waals surface area contributed by atoms with Crippen LogP contribution >= 0.6 is 0 Å². The Balaban J connectivity index is 2.70. The Morgan fingerprint density at radius 3 is 3.40 bits per heavy atom. The predicted octanol–water partition coefficient (Wildman–Crippen LogP) is -0.331. The average Bonchev–Trinajstić information content (AvgIpc) is 2.36. The Morgan fingerprint density at radius 1 is 1.70 bits per heavy atom. The SMILES string of the molecule is O=c1ccnc2n1CCN2. The molecule has 4 nitrogen and oxygen atoms in total. The van der Waals surface area contributed by atoms with E-state index in [0.29, 0.717) is 5.95 Å². The molecule has 0 amide bonds. The van der Waals surface area contributed by atoms with Crippen molar-refractivity contribution in [2.45, 2.75) is 6.54 Å². The van der Waals surface area contributed by atoms with Gasteiger partial charge in [-0.15, -0.1) is 0 Å². The number of fused-ring (bicyclic) bond motifs is 1. The maximum atomic E-state index is 11.0. The first-order chi connectivity index (χ1) is 4.88. The minimum atomic E-state index is 0.0231. The third kappa shape index (κ3) is 0.618. The second kappa shape index (κ2) is 1.83. The Hall–Kier alpha value is -1.32. The highest BCUT2D eigenvalue weighted by Crippen LogP contribution is 2.03. The molecule has 2 rings (SSSR count). The third-order valence-electron chi connectivity index (χ3n) is 1.55. The van der Waals surface area contributed by atoms with E-state index < -0.39 is 0 Å². The third-order valence-corrected chi connectivity index (χ3v) is 1.55. The van der Waals surface area contributed by atoms with Crippen molar-refractivity contribution < 1.29 is 0 Å². The summed E-state index contributed by atoms with van der Waals surface area (Å²) in [5, 5.41) is 2.99. The molecule has 52 valence electrons. The number of hydrogen-bond acceptors (Lipinski definition) is 3. The van der Waals surface area contributed by atoms with Crippen LogP contribution in [0, 0.1) is 0 Å². The molecule has 0 spiro atoms. The summed E-state index contributed by atoms with van der Waals surface area (Å²) in [5.41, 5.74) is 0.0231. The summed E-state index contributed by atoms with van der Waals surface area (Å²) in [6.45, 7) is 1.55. The second-order valence-corrected chi connectivity index (χ2v) is 2.19. The lowest BCUT2D eigenvalue weighted by atomic mass is 10.6. The fourth-order valence-electron chi connectivity index (χ4n) is 1.07. The van der Waals surface area contributed by atoms with Crippen molar-refractivity contribution in [3.63, 3.8) is 0 Å². The lowest BCUT2D eigenvalue weighted by Gasteiger charge is -1.96. The van der Waals surface area contributed by atoms with Gasteiger partial charge in [-0.3, -0.25) is 9.36 Å². The number of aromatic nitrogens is 2. The highest BCUT2D eigenvalue weighted by molar-refractivity contribution is 5.28. The second-order valence-electron chi connectivity index (χ2n) is 2.19. The molecular formula is C6H7N3O. The van der Waals surface area contributed by atoms with Crippen LogP contribution in [0.1, 0.15) is 0 Å². The molecule has 0 radical (unpaired) electrons. The normalized spacial score (nSPS) is 14.4. The number of nitrogens with zero attached hydrogens (tertiary/aromatic N) is 2. The maximum Gasteiger partial charge on any atom is 0.254 e. The van der Waals surface area contributed by atoms with Gasteiger partial charge in [0.25, 0.3) is 5.56 Å². The zero-order chi connectivity index (χ0) is 6.97. The zero-order valence-electron chi connectivity index (χ0n) is 5.37. The first-order valence-electron chi connectivity index (χ1n) is 3.17. The molecule has 0 bridgehead atoms. The summed E-state index contributed by atoms with van der Waals surface area (Å²) in [6.07, 6.45) is 1.52. The predicted molar refractivity (Wildman–Crippen MR) is 37.0 cm³/mol. The van der Waals surface area contributed by atoms with Crippen molar-refractivity contribution in [2.24, 2.45) is 0 Å². The van der Waals surface area contributed by atoms with Crippen molar-refractivity contribution in [2.75, 3.05) is 11.9 Å². The van der Waals surface area contributed by atoms with Gasteiger partial charge in [0, 0.05) is 25.4 Å². The summed E-state index contributed by atoms with van der Waals surface area (Å²) in [4.78, 5) is 15.0. The molecular weight excluding hydrogens is 130 g/mol. The number of nitrogens with one attached hydrogen (secondary N) is 1. The van der Waals surface area contributed by atoms with Crippen LogP contribution in [0.2, 0.25) is 0 Å². The Kier molecular flexibility index (Phi) is 1.00. The molecule has 0 saturated heterocycles. The summed E-state index contributed by atoms with van der Waals surface area (Å²) >= 11 is 0. The fourth-order valence-corrected chi connectivity index (χ4v) is 1.07. The van der Waals surface area contributed by atoms with Crippen LogP contribution in [0.25, 0.3) is 0 Å². The van der Waals surface area contributed by atoms with Gasteiger partial charge in [0.15, 0.2) is 0 Å². The first kappa shape index (κ1) is 5.46. The van der Waals surface area contributed by atoms with Crippen LogP contribution < -0.4 is 10.9 Å². The van der Waals surface area contributed by atoms with Crippen LogP contribution in [-0.4, -0.2) is 16.1 Å². The standard InChI is InChI=1S/C6H7N3O/c10-5-1-2-7-6-8-3-4-9(5)6/h1-2H,3-4H2,(H,7,8). The van der Waals surface area contributed by atoms with Crippen LogP contribution in [0.3, 0.4) is 0 Å². The summed E-state index contributed by atoms with van der Waals surface area (Å²) in [5.74, 6) is 0.688. The molecule has 1 N–H and O–H groups in total. The van der Waals surface area contributed by atoms with E-state index >= 15 is 0 Å². The molecule has 0 fully saturated rings. The van der Waals surface area contributed by atoms with Crippen LogP contribution in [-0.2, 0) is 6.54 Å². The average molecular weight is 137 g/mol. The molecule has 0 aliphatic carbocycles. The van der Waals surface area contributed by atoms with Crippen molar-refractivity contribution in [1.29, 1.82) is 0 Å². The molecule has 0 atom stereocenters. The molecule has 2 heterocycles. The minimum absolute atomic E-state index is 0.0231. The number of hydrogen-bond donors (Lipinski definition) is 1. The topological polar surface area (TPSA) is 46.9 Å². The van der Waals surface area contributed by atoms with E-state index in [4.69, 9.17) is 0 Å². The van der Waals surface area contributed by atoms with Crippen molar-refractivity contribution in [1.82, 2.24) is 9.55 Å². The molecule has 1 aromatic rings.